The number of thiophene rings is 4. The van der Waals surface area contributed by atoms with E-state index in [9.17, 15) is 0 Å². The number of hydrogen-bond donors (Lipinski definition) is 0. The zero-order chi connectivity index (χ0) is 36.1. The van der Waals surface area contributed by atoms with Crippen LogP contribution in [0.3, 0.4) is 0 Å². The van der Waals surface area contributed by atoms with Crippen molar-refractivity contribution in [2.24, 2.45) is 0 Å². The molecule has 0 saturated carbocycles. The largest absolute Gasteiger partial charge is 0.139 e. The highest BCUT2D eigenvalue weighted by Gasteiger charge is 2.12. The van der Waals surface area contributed by atoms with E-state index in [1.54, 1.807) is 9.75 Å². The molecule has 0 atom stereocenters. The third-order valence-electron chi connectivity index (χ3n) is 10.1. The van der Waals surface area contributed by atoms with Crippen molar-refractivity contribution < 1.29 is 0 Å². The molecule has 0 unspecified atom stereocenters. The molecular weight excluding hydrogens is 705 g/mol. The second kappa shape index (κ2) is 19.9. The molecule has 0 fully saturated rings. The van der Waals surface area contributed by atoms with E-state index < -0.39 is 0 Å². The average molecular weight is 761 g/mol. The van der Waals surface area contributed by atoms with E-state index in [0.717, 1.165) is 0 Å². The molecule has 2 aromatic carbocycles. The molecule has 0 aliphatic carbocycles. The predicted octanol–water partition coefficient (Wildman–Crippen LogP) is 17.2. The van der Waals surface area contributed by atoms with Crippen LogP contribution in [-0.4, -0.2) is 0 Å². The van der Waals surface area contributed by atoms with E-state index in [0.29, 0.717) is 0 Å². The number of rotatable bonds is 20. The average Bonchev–Trinajstić information content (AvgIpc) is 3.98. The predicted molar refractivity (Wildman–Crippen MR) is 239 cm³/mol. The van der Waals surface area contributed by atoms with Crippen molar-refractivity contribution in [2.75, 3.05) is 0 Å². The van der Waals surface area contributed by atoms with Gasteiger partial charge in [0.1, 0.15) is 0 Å². The summed E-state index contributed by atoms with van der Waals surface area (Å²) >= 11 is 7.84. The van der Waals surface area contributed by atoms with Crippen LogP contribution in [0.1, 0.15) is 123 Å². The molecule has 0 nitrogen and oxygen atoms in total. The van der Waals surface area contributed by atoms with E-state index >= 15 is 0 Å². The Morgan fingerprint density at radius 3 is 1.15 bits per heavy atom. The first-order valence-corrected chi connectivity index (χ1v) is 23.0. The molecule has 52 heavy (non-hydrogen) atoms. The lowest BCUT2D eigenvalue weighted by molar-refractivity contribution is 0.609. The van der Waals surface area contributed by atoms with Crippen LogP contribution in [0.2, 0.25) is 0 Å². The maximum absolute atomic E-state index is 2.41. The standard InChI is InChI=1S/C48H56S4/c1-5-7-9-11-13-15-17-41-35(3)33-47(49-41)45-31-29-43(51-45)39-25-21-37(22-26-39)19-20-38-23-27-40(28-24-38)44-30-32-46(52-44)48-34-36(4)42(50-48)18-16-14-12-10-8-6-2/h19-34H,5-18H2,1-4H3/b20-19+. The van der Waals surface area contributed by atoms with Crippen LogP contribution in [0.15, 0.2) is 84.9 Å². The zero-order valence-electron chi connectivity index (χ0n) is 31.8. The van der Waals surface area contributed by atoms with Gasteiger partial charge in [-0.25, -0.2) is 0 Å². The summed E-state index contributed by atoms with van der Waals surface area (Å²) in [5, 5.41) is 0. The summed E-state index contributed by atoms with van der Waals surface area (Å²) in [5.41, 5.74) is 7.96. The van der Waals surface area contributed by atoms with Gasteiger partial charge in [-0.05, 0) is 109 Å². The van der Waals surface area contributed by atoms with Gasteiger partial charge in [-0.3, -0.25) is 0 Å². The molecular formula is C48H56S4. The van der Waals surface area contributed by atoms with E-state index in [4.69, 9.17) is 0 Å². The number of unbranched alkanes of at least 4 members (excludes halogenated alkanes) is 10. The lowest BCUT2D eigenvalue weighted by atomic mass is 10.1. The van der Waals surface area contributed by atoms with Gasteiger partial charge < -0.3 is 0 Å². The van der Waals surface area contributed by atoms with Crippen molar-refractivity contribution >= 4 is 57.5 Å². The summed E-state index contributed by atoms with van der Waals surface area (Å²) in [4.78, 5) is 11.4. The first-order chi connectivity index (χ1) is 25.5. The van der Waals surface area contributed by atoms with E-state index in [2.05, 4.69) is 125 Å². The second-order valence-corrected chi connectivity index (χ2v) is 18.8. The fourth-order valence-corrected chi connectivity index (χ4v) is 11.5. The molecule has 6 rings (SSSR count). The molecule has 6 aromatic rings. The van der Waals surface area contributed by atoms with Gasteiger partial charge >= 0.3 is 0 Å². The Morgan fingerprint density at radius 2 is 0.750 bits per heavy atom. The highest BCUT2D eigenvalue weighted by Crippen LogP contribution is 2.41. The van der Waals surface area contributed by atoms with Gasteiger partial charge in [0.15, 0.2) is 0 Å². The summed E-state index contributed by atoms with van der Waals surface area (Å²) in [6.45, 7) is 9.16. The minimum Gasteiger partial charge on any atom is -0.139 e. The third-order valence-corrected chi connectivity index (χ3v) is 15.4. The molecule has 0 radical (unpaired) electrons. The van der Waals surface area contributed by atoms with Crippen molar-refractivity contribution in [2.45, 2.75) is 118 Å². The monoisotopic (exact) mass is 760 g/mol. The Kier molecular flexibility index (Phi) is 14.8. The van der Waals surface area contributed by atoms with Crippen molar-refractivity contribution in [3.05, 3.63) is 117 Å². The first-order valence-electron chi connectivity index (χ1n) is 19.8. The Hall–Kier alpha value is -3.02. The van der Waals surface area contributed by atoms with Gasteiger partial charge in [0, 0.05) is 39.0 Å². The second-order valence-electron chi connectivity index (χ2n) is 14.4. The van der Waals surface area contributed by atoms with Crippen LogP contribution in [0.5, 0.6) is 0 Å². The summed E-state index contributed by atoms with van der Waals surface area (Å²) in [7, 11) is 0. The fourth-order valence-electron chi connectivity index (χ4n) is 6.87. The Labute approximate surface area is 330 Å². The molecule has 0 bridgehead atoms. The quantitative estimate of drug-likeness (QED) is 0.0537. The summed E-state index contributed by atoms with van der Waals surface area (Å²) in [6.07, 6.45) is 23.2. The SMILES string of the molecule is CCCCCCCCc1sc(-c2ccc(-c3ccc(/C=C/c4ccc(-c5ccc(-c6cc(C)c(CCCCCCCC)s6)s5)cc4)cc3)s2)cc1C. The summed E-state index contributed by atoms with van der Waals surface area (Å²) < 4.78 is 0. The number of aryl methyl sites for hydroxylation is 4. The van der Waals surface area contributed by atoms with Crippen LogP contribution in [0, 0.1) is 13.8 Å². The molecule has 0 aliphatic rings. The minimum atomic E-state index is 1.22. The van der Waals surface area contributed by atoms with E-state index in [-0.39, 0.29) is 0 Å². The molecule has 4 aromatic heterocycles. The number of benzene rings is 2. The maximum Gasteiger partial charge on any atom is 0.0449 e. The highest BCUT2D eigenvalue weighted by atomic mass is 32.1. The molecule has 4 heteroatoms. The lowest BCUT2D eigenvalue weighted by Crippen LogP contribution is -1.84. The van der Waals surface area contributed by atoms with Crippen molar-refractivity contribution in [1.29, 1.82) is 0 Å². The summed E-state index contributed by atoms with van der Waals surface area (Å²) in [6, 6.07) is 32.1. The van der Waals surface area contributed by atoms with Crippen molar-refractivity contribution in [1.82, 2.24) is 0 Å². The van der Waals surface area contributed by atoms with Gasteiger partial charge in [0.25, 0.3) is 0 Å². The van der Waals surface area contributed by atoms with Crippen LogP contribution >= 0.6 is 45.3 Å². The molecule has 0 N–H and O–H groups in total. The van der Waals surface area contributed by atoms with Crippen molar-refractivity contribution in [3.8, 4) is 40.4 Å². The van der Waals surface area contributed by atoms with Gasteiger partial charge in [-0.1, -0.05) is 139 Å². The lowest BCUT2D eigenvalue weighted by Gasteiger charge is -2.01. The van der Waals surface area contributed by atoms with Gasteiger partial charge in [-0.2, -0.15) is 0 Å². The smallest absolute Gasteiger partial charge is 0.0449 e. The van der Waals surface area contributed by atoms with Gasteiger partial charge in [0.2, 0.25) is 0 Å². The Bertz CT molecular complexity index is 1830. The molecule has 0 saturated heterocycles. The molecule has 0 spiro atoms. The third kappa shape index (κ3) is 10.8. The zero-order valence-corrected chi connectivity index (χ0v) is 35.0. The van der Waals surface area contributed by atoms with E-state index in [1.165, 1.54) is 153 Å². The highest BCUT2D eigenvalue weighted by molar-refractivity contribution is 7.24. The van der Waals surface area contributed by atoms with Crippen molar-refractivity contribution in [3.63, 3.8) is 0 Å². The topological polar surface area (TPSA) is 0 Å². The normalized spacial score (nSPS) is 11.7. The van der Waals surface area contributed by atoms with Gasteiger partial charge in [0.05, 0.1) is 0 Å². The first kappa shape index (κ1) is 38.7. The molecule has 0 aliphatic heterocycles. The molecule has 4 heterocycles. The minimum absolute atomic E-state index is 1.22. The van der Waals surface area contributed by atoms with Gasteiger partial charge in [-0.15, -0.1) is 45.3 Å². The Morgan fingerprint density at radius 1 is 0.385 bits per heavy atom. The van der Waals surface area contributed by atoms with Crippen LogP contribution in [0.4, 0.5) is 0 Å². The van der Waals surface area contributed by atoms with Crippen LogP contribution in [-0.2, 0) is 12.8 Å². The Balaban J connectivity index is 1.01. The molecule has 272 valence electrons. The summed E-state index contributed by atoms with van der Waals surface area (Å²) in [5.74, 6) is 0. The van der Waals surface area contributed by atoms with Crippen LogP contribution < -0.4 is 0 Å². The fraction of sp³-hybridized carbons (Fsp3) is 0.375. The maximum atomic E-state index is 2.41. The molecule has 0 amide bonds. The number of hydrogen-bond acceptors (Lipinski definition) is 4. The van der Waals surface area contributed by atoms with Crippen LogP contribution in [0.25, 0.3) is 52.5 Å². The van der Waals surface area contributed by atoms with E-state index in [1.807, 2.05) is 45.3 Å².